The molecular formula is C18H26N4. The third-order valence-corrected chi connectivity index (χ3v) is 4.77. The van der Waals surface area contributed by atoms with Crippen LogP contribution in [0.1, 0.15) is 74.7 Å². The minimum Gasteiger partial charge on any atom is -0.325 e. The standard InChI is InChI=1S/C18H26N4/c1-13(2)14-8-10-16(11-9-14)22-18(17(12-19)20-21-22)15-6-4-3-5-7-15/h8-11,13,15H,3-7,12,19H2,1-2H3. The van der Waals surface area contributed by atoms with Gasteiger partial charge in [0.15, 0.2) is 0 Å². The highest BCUT2D eigenvalue weighted by Gasteiger charge is 2.24. The maximum atomic E-state index is 5.90. The molecule has 1 aromatic carbocycles. The molecule has 1 fully saturated rings. The fraction of sp³-hybridized carbons (Fsp3) is 0.556. The van der Waals surface area contributed by atoms with Crippen molar-refractivity contribution < 1.29 is 0 Å². The van der Waals surface area contributed by atoms with Gasteiger partial charge in [-0.15, -0.1) is 5.10 Å². The molecule has 2 N–H and O–H groups in total. The van der Waals surface area contributed by atoms with Crippen molar-refractivity contribution in [3.63, 3.8) is 0 Å². The van der Waals surface area contributed by atoms with Gasteiger partial charge in [-0.05, 0) is 36.5 Å². The molecule has 0 amide bonds. The first-order valence-electron chi connectivity index (χ1n) is 8.45. The number of aromatic nitrogens is 3. The van der Waals surface area contributed by atoms with E-state index in [1.165, 1.54) is 43.4 Å². The van der Waals surface area contributed by atoms with Crippen LogP contribution in [-0.4, -0.2) is 15.0 Å². The highest BCUT2D eigenvalue weighted by atomic mass is 15.4. The van der Waals surface area contributed by atoms with Gasteiger partial charge in [0.1, 0.15) is 5.69 Å². The SMILES string of the molecule is CC(C)c1ccc(-n2nnc(CN)c2C2CCCCC2)cc1. The summed E-state index contributed by atoms with van der Waals surface area (Å²) < 4.78 is 2.02. The van der Waals surface area contributed by atoms with Crippen molar-refractivity contribution in [2.75, 3.05) is 0 Å². The Labute approximate surface area is 132 Å². The van der Waals surface area contributed by atoms with Crippen LogP contribution in [0, 0.1) is 0 Å². The van der Waals surface area contributed by atoms with Gasteiger partial charge in [0.2, 0.25) is 0 Å². The molecule has 0 atom stereocenters. The zero-order valence-corrected chi connectivity index (χ0v) is 13.6. The van der Waals surface area contributed by atoms with Gasteiger partial charge in [0.25, 0.3) is 0 Å². The summed E-state index contributed by atoms with van der Waals surface area (Å²) in [4.78, 5) is 0. The van der Waals surface area contributed by atoms with Gasteiger partial charge in [-0.2, -0.15) is 0 Å². The Hall–Kier alpha value is -1.68. The summed E-state index contributed by atoms with van der Waals surface area (Å²) in [7, 11) is 0. The predicted octanol–water partition coefficient (Wildman–Crippen LogP) is 3.90. The van der Waals surface area contributed by atoms with Crippen molar-refractivity contribution in [2.24, 2.45) is 5.73 Å². The third kappa shape index (κ3) is 2.93. The molecule has 0 unspecified atom stereocenters. The van der Waals surface area contributed by atoms with Crippen molar-refractivity contribution in [3.8, 4) is 5.69 Å². The van der Waals surface area contributed by atoms with Gasteiger partial charge in [-0.25, -0.2) is 4.68 Å². The summed E-state index contributed by atoms with van der Waals surface area (Å²) in [5.41, 5.74) is 10.5. The van der Waals surface area contributed by atoms with Crippen LogP contribution < -0.4 is 5.73 Å². The maximum Gasteiger partial charge on any atom is 0.100 e. The van der Waals surface area contributed by atoms with E-state index in [1.54, 1.807) is 0 Å². The van der Waals surface area contributed by atoms with E-state index in [2.05, 4.69) is 48.4 Å². The van der Waals surface area contributed by atoms with Gasteiger partial charge in [0, 0.05) is 12.5 Å². The Bertz CT molecular complexity index is 607. The molecule has 1 aliphatic carbocycles. The smallest absolute Gasteiger partial charge is 0.100 e. The van der Waals surface area contributed by atoms with Gasteiger partial charge in [-0.1, -0.05) is 50.5 Å². The molecule has 1 heterocycles. The molecule has 1 saturated carbocycles. The first-order chi connectivity index (χ1) is 10.7. The first-order valence-corrected chi connectivity index (χ1v) is 8.45. The monoisotopic (exact) mass is 298 g/mol. The molecule has 0 spiro atoms. The number of hydrogen-bond donors (Lipinski definition) is 1. The summed E-state index contributed by atoms with van der Waals surface area (Å²) in [5, 5.41) is 8.73. The van der Waals surface area contributed by atoms with Crippen LogP contribution in [0.25, 0.3) is 5.69 Å². The minimum absolute atomic E-state index is 0.468. The second-order valence-corrected chi connectivity index (χ2v) is 6.62. The number of hydrogen-bond acceptors (Lipinski definition) is 3. The lowest BCUT2D eigenvalue weighted by atomic mass is 9.86. The lowest BCUT2D eigenvalue weighted by Crippen LogP contribution is -2.14. The van der Waals surface area contributed by atoms with Gasteiger partial charge in [0.05, 0.1) is 11.4 Å². The lowest BCUT2D eigenvalue weighted by molar-refractivity contribution is 0.428. The normalized spacial score (nSPS) is 16.4. The van der Waals surface area contributed by atoms with E-state index in [1.807, 2.05) is 4.68 Å². The molecule has 0 aliphatic heterocycles. The molecule has 1 aliphatic rings. The largest absolute Gasteiger partial charge is 0.325 e. The fourth-order valence-electron chi connectivity index (χ4n) is 3.44. The highest BCUT2D eigenvalue weighted by Crippen LogP contribution is 2.34. The van der Waals surface area contributed by atoms with Crippen LogP contribution >= 0.6 is 0 Å². The Balaban J connectivity index is 1.97. The molecule has 22 heavy (non-hydrogen) atoms. The van der Waals surface area contributed by atoms with Gasteiger partial charge in [-0.3, -0.25) is 0 Å². The quantitative estimate of drug-likeness (QED) is 0.931. The fourth-order valence-corrected chi connectivity index (χ4v) is 3.44. The number of benzene rings is 1. The van der Waals surface area contributed by atoms with Crippen LogP contribution in [0.4, 0.5) is 0 Å². The summed E-state index contributed by atoms with van der Waals surface area (Å²) in [6, 6.07) is 8.68. The van der Waals surface area contributed by atoms with Gasteiger partial charge < -0.3 is 5.73 Å². The van der Waals surface area contributed by atoms with Crippen molar-refractivity contribution in [1.29, 1.82) is 0 Å². The van der Waals surface area contributed by atoms with E-state index in [9.17, 15) is 0 Å². The van der Waals surface area contributed by atoms with Crippen LogP contribution in [0.15, 0.2) is 24.3 Å². The van der Waals surface area contributed by atoms with Crippen LogP contribution in [0.5, 0.6) is 0 Å². The first kappa shape index (κ1) is 15.2. The Morgan fingerprint density at radius 3 is 2.41 bits per heavy atom. The lowest BCUT2D eigenvalue weighted by Gasteiger charge is -2.23. The number of rotatable bonds is 4. The van der Waals surface area contributed by atoms with E-state index in [-0.39, 0.29) is 0 Å². The topological polar surface area (TPSA) is 56.7 Å². The van der Waals surface area contributed by atoms with E-state index in [0.29, 0.717) is 18.4 Å². The third-order valence-electron chi connectivity index (χ3n) is 4.77. The molecular weight excluding hydrogens is 272 g/mol. The second-order valence-electron chi connectivity index (χ2n) is 6.62. The van der Waals surface area contributed by atoms with Crippen LogP contribution in [0.3, 0.4) is 0 Å². The summed E-state index contributed by atoms with van der Waals surface area (Å²) in [5.74, 6) is 1.09. The second kappa shape index (κ2) is 6.61. The molecule has 0 radical (unpaired) electrons. The molecule has 2 aromatic rings. The average molecular weight is 298 g/mol. The van der Waals surface area contributed by atoms with Crippen molar-refractivity contribution in [3.05, 3.63) is 41.2 Å². The number of nitrogens with two attached hydrogens (primary N) is 1. The summed E-state index contributed by atoms with van der Waals surface area (Å²) in [6.07, 6.45) is 6.40. The van der Waals surface area contributed by atoms with Crippen LogP contribution in [-0.2, 0) is 6.54 Å². The molecule has 1 aromatic heterocycles. The number of nitrogens with zero attached hydrogens (tertiary/aromatic N) is 3. The van der Waals surface area contributed by atoms with Crippen LogP contribution in [0.2, 0.25) is 0 Å². The summed E-state index contributed by atoms with van der Waals surface area (Å²) in [6.45, 7) is 4.89. The van der Waals surface area contributed by atoms with Crippen molar-refractivity contribution in [1.82, 2.24) is 15.0 Å². The molecule has 4 heteroatoms. The highest BCUT2D eigenvalue weighted by molar-refractivity contribution is 5.38. The zero-order valence-electron chi connectivity index (χ0n) is 13.6. The van der Waals surface area contributed by atoms with Gasteiger partial charge >= 0.3 is 0 Å². The van der Waals surface area contributed by atoms with Crippen molar-refractivity contribution >= 4 is 0 Å². The Kier molecular flexibility index (Phi) is 4.57. The Morgan fingerprint density at radius 1 is 1.14 bits per heavy atom. The molecule has 4 nitrogen and oxygen atoms in total. The molecule has 0 saturated heterocycles. The molecule has 0 bridgehead atoms. The predicted molar refractivity (Wildman–Crippen MR) is 89.2 cm³/mol. The van der Waals surface area contributed by atoms with E-state index < -0.39 is 0 Å². The van der Waals surface area contributed by atoms with E-state index in [4.69, 9.17) is 5.73 Å². The molecule has 3 rings (SSSR count). The maximum absolute atomic E-state index is 5.90. The molecule has 118 valence electrons. The van der Waals surface area contributed by atoms with E-state index >= 15 is 0 Å². The van der Waals surface area contributed by atoms with Crippen molar-refractivity contribution in [2.45, 2.75) is 64.3 Å². The minimum atomic E-state index is 0.468. The Morgan fingerprint density at radius 2 is 1.82 bits per heavy atom. The summed E-state index contributed by atoms with van der Waals surface area (Å²) >= 11 is 0. The van der Waals surface area contributed by atoms with E-state index in [0.717, 1.165) is 11.4 Å². The zero-order chi connectivity index (χ0) is 15.5. The average Bonchev–Trinajstić information content (AvgIpc) is 2.99.